The van der Waals surface area contributed by atoms with Crippen molar-refractivity contribution in [3.63, 3.8) is 0 Å². The van der Waals surface area contributed by atoms with Gasteiger partial charge in [-0.1, -0.05) is 48.5 Å². The molecule has 0 heterocycles. The molecule has 0 saturated carbocycles. The minimum absolute atomic E-state index is 0.276. The van der Waals surface area contributed by atoms with Crippen LogP contribution in [0.25, 0.3) is 11.1 Å². The van der Waals surface area contributed by atoms with Crippen molar-refractivity contribution in [2.24, 2.45) is 0 Å². The third kappa shape index (κ3) is 2.77. The molecule has 2 nitrogen and oxygen atoms in total. The Morgan fingerprint density at radius 2 is 1.67 bits per heavy atom. The quantitative estimate of drug-likeness (QED) is 0.659. The summed E-state index contributed by atoms with van der Waals surface area (Å²) in [4.78, 5) is 13.1. The van der Waals surface area contributed by atoms with E-state index in [1.807, 2.05) is 42.5 Å². The number of halogens is 1. The Bertz CT molecular complexity index is 724. The molecule has 1 aromatic carbocycles. The molecule has 3 heteroatoms. The van der Waals surface area contributed by atoms with Crippen molar-refractivity contribution in [3.05, 3.63) is 78.1 Å². The second kappa shape index (κ2) is 5.75. The molecule has 0 spiro atoms. The predicted molar refractivity (Wildman–Crippen MR) is 81.7 cm³/mol. The third-order valence-corrected chi connectivity index (χ3v) is 3.47. The fourth-order valence-corrected chi connectivity index (χ4v) is 2.41. The van der Waals surface area contributed by atoms with Crippen LogP contribution in [0.2, 0.25) is 0 Å². The molecule has 1 aromatic rings. The highest BCUT2D eigenvalue weighted by molar-refractivity contribution is 5.89. The topological polar surface area (TPSA) is 20.3 Å². The van der Waals surface area contributed by atoms with Gasteiger partial charge < -0.3 is 4.90 Å². The lowest BCUT2D eigenvalue weighted by Gasteiger charge is -2.18. The summed E-state index contributed by atoms with van der Waals surface area (Å²) in [5.41, 5.74) is 3.86. The molecule has 0 atom stereocenters. The van der Waals surface area contributed by atoms with Crippen molar-refractivity contribution in [3.8, 4) is 11.1 Å². The molecule has 0 saturated heterocycles. The molecule has 0 radical (unpaired) electrons. The van der Waals surface area contributed by atoms with Gasteiger partial charge in [0.05, 0.1) is 12.2 Å². The Morgan fingerprint density at radius 3 is 2.43 bits per heavy atom. The lowest BCUT2D eigenvalue weighted by atomic mass is 10.1. The van der Waals surface area contributed by atoms with Gasteiger partial charge in [-0.15, -0.1) is 0 Å². The molecule has 0 aromatic heterocycles. The number of benzene rings is 1. The van der Waals surface area contributed by atoms with E-state index >= 15 is 0 Å². The van der Waals surface area contributed by atoms with E-state index in [9.17, 15) is 9.18 Å². The maximum atomic E-state index is 12.9. The summed E-state index contributed by atoms with van der Waals surface area (Å²) in [5, 5.41) is 0. The average Bonchev–Trinajstić information content (AvgIpc) is 2.75. The SMILES string of the molecule is O=CN(Cc1ccc(F)cc1)c1ccc2cccccc1-2. The van der Waals surface area contributed by atoms with Crippen molar-refractivity contribution in [1.29, 1.82) is 0 Å². The third-order valence-electron chi connectivity index (χ3n) is 3.47. The largest absolute Gasteiger partial charge is 0.310 e. The summed E-state index contributed by atoms with van der Waals surface area (Å²) in [5.74, 6) is -0.276. The summed E-state index contributed by atoms with van der Waals surface area (Å²) in [6.07, 6.45) is 0.811. The van der Waals surface area contributed by atoms with Crippen molar-refractivity contribution < 1.29 is 9.18 Å². The molecule has 2 aliphatic carbocycles. The minimum Gasteiger partial charge on any atom is -0.310 e. The van der Waals surface area contributed by atoms with Crippen LogP contribution in [0.5, 0.6) is 0 Å². The van der Waals surface area contributed by atoms with E-state index in [0.29, 0.717) is 6.54 Å². The molecular weight excluding hydrogens is 265 g/mol. The summed E-state index contributed by atoms with van der Waals surface area (Å²) in [6, 6.07) is 20.0. The summed E-state index contributed by atoms with van der Waals surface area (Å²) >= 11 is 0. The Labute approximate surface area is 122 Å². The second-order valence-corrected chi connectivity index (χ2v) is 4.86. The van der Waals surface area contributed by atoms with Crippen LogP contribution in [0, 0.1) is 5.82 Å². The van der Waals surface area contributed by atoms with Gasteiger partial charge in [0.2, 0.25) is 6.41 Å². The minimum atomic E-state index is -0.276. The Morgan fingerprint density at radius 1 is 0.905 bits per heavy atom. The summed E-state index contributed by atoms with van der Waals surface area (Å²) < 4.78 is 12.9. The number of amides is 1. The zero-order chi connectivity index (χ0) is 14.7. The van der Waals surface area contributed by atoms with Crippen molar-refractivity contribution in [1.82, 2.24) is 0 Å². The van der Waals surface area contributed by atoms with E-state index in [4.69, 9.17) is 0 Å². The van der Waals surface area contributed by atoms with Crippen LogP contribution in [-0.2, 0) is 11.3 Å². The first kappa shape index (κ1) is 13.3. The van der Waals surface area contributed by atoms with Crippen LogP contribution in [0.4, 0.5) is 10.1 Å². The molecule has 0 bridgehead atoms. The fraction of sp³-hybridized carbons (Fsp3) is 0.0556. The molecule has 0 aliphatic heterocycles. The van der Waals surface area contributed by atoms with Gasteiger partial charge in [0.25, 0.3) is 0 Å². The maximum absolute atomic E-state index is 12.9. The molecule has 0 N–H and O–H groups in total. The number of carbonyl (C=O) groups is 1. The van der Waals surface area contributed by atoms with Gasteiger partial charge in [-0.3, -0.25) is 4.79 Å². The number of anilines is 1. The van der Waals surface area contributed by atoms with Gasteiger partial charge in [0.15, 0.2) is 0 Å². The number of nitrogens with zero attached hydrogens (tertiary/aromatic N) is 1. The normalized spacial score (nSPS) is 10.5. The lowest BCUT2D eigenvalue weighted by molar-refractivity contribution is -0.107. The molecule has 3 rings (SSSR count). The average molecular weight is 279 g/mol. The van der Waals surface area contributed by atoms with E-state index < -0.39 is 0 Å². The highest BCUT2D eigenvalue weighted by Gasteiger charge is 2.14. The predicted octanol–water partition coefficient (Wildman–Crippen LogP) is 4.09. The highest BCUT2D eigenvalue weighted by Crippen LogP contribution is 2.34. The fourth-order valence-electron chi connectivity index (χ4n) is 2.41. The van der Waals surface area contributed by atoms with Gasteiger partial charge in [-0.2, -0.15) is 0 Å². The Balaban J connectivity index is 1.93. The van der Waals surface area contributed by atoms with E-state index in [1.165, 1.54) is 12.1 Å². The molecule has 0 unspecified atom stereocenters. The number of hydrogen-bond acceptors (Lipinski definition) is 1. The monoisotopic (exact) mass is 279 g/mol. The lowest BCUT2D eigenvalue weighted by Crippen LogP contribution is -2.20. The first-order chi connectivity index (χ1) is 10.3. The molecule has 0 fully saturated rings. The van der Waals surface area contributed by atoms with Crippen LogP contribution < -0.4 is 4.90 Å². The van der Waals surface area contributed by atoms with Crippen molar-refractivity contribution >= 4 is 12.1 Å². The standard InChI is InChI=1S/C18H14FNO/c19-16-9-6-14(7-10-16)12-20(13-21)18-11-8-15-4-2-1-3-5-17(15)18/h1-11,13H,12H2. The number of rotatable bonds is 4. The van der Waals surface area contributed by atoms with Crippen LogP contribution in [0.15, 0.2) is 66.7 Å². The molecule has 21 heavy (non-hydrogen) atoms. The smallest absolute Gasteiger partial charge is 0.214 e. The van der Waals surface area contributed by atoms with E-state index in [0.717, 1.165) is 28.8 Å². The van der Waals surface area contributed by atoms with Crippen molar-refractivity contribution in [2.75, 3.05) is 4.90 Å². The first-order valence-corrected chi connectivity index (χ1v) is 6.72. The van der Waals surface area contributed by atoms with E-state index in [-0.39, 0.29) is 5.82 Å². The summed E-state index contributed by atoms with van der Waals surface area (Å²) in [7, 11) is 0. The van der Waals surface area contributed by atoms with Gasteiger partial charge in [-0.25, -0.2) is 4.39 Å². The molecular formula is C18H14FNO. The number of fused-ring (bicyclic) bond motifs is 1. The van der Waals surface area contributed by atoms with Gasteiger partial charge in [0.1, 0.15) is 5.82 Å². The number of carbonyl (C=O) groups excluding carboxylic acids is 1. The maximum Gasteiger partial charge on any atom is 0.214 e. The van der Waals surface area contributed by atoms with Crippen LogP contribution >= 0.6 is 0 Å². The van der Waals surface area contributed by atoms with Crippen LogP contribution in [0.3, 0.4) is 0 Å². The zero-order valence-electron chi connectivity index (χ0n) is 11.4. The second-order valence-electron chi connectivity index (χ2n) is 4.86. The Hall–Kier alpha value is -2.68. The molecule has 104 valence electrons. The Kier molecular flexibility index (Phi) is 3.65. The highest BCUT2D eigenvalue weighted by atomic mass is 19.1. The van der Waals surface area contributed by atoms with Gasteiger partial charge >= 0.3 is 0 Å². The zero-order valence-corrected chi connectivity index (χ0v) is 11.4. The van der Waals surface area contributed by atoms with Crippen LogP contribution in [-0.4, -0.2) is 6.41 Å². The van der Waals surface area contributed by atoms with E-state index in [1.54, 1.807) is 17.0 Å². The van der Waals surface area contributed by atoms with E-state index in [2.05, 4.69) is 0 Å². The number of hydrogen-bond donors (Lipinski definition) is 0. The summed E-state index contributed by atoms with van der Waals surface area (Å²) in [6.45, 7) is 0.418. The van der Waals surface area contributed by atoms with Gasteiger partial charge in [0, 0.05) is 5.56 Å². The molecule has 2 aliphatic rings. The first-order valence-electron chi connectivity index (χ1n) is 6.72. The van der Waals surface area contributed by atoms with Gasteiger partial charge in [-0.05, 0) is 29.3 Å². The molecule has 1 amide bonds. The van der Waals surface area contributed by atoms with Crippen molar-refractivity contribution in [2.45, 2.75) is 6.54 Å². The van der Waals surface area contributed by atoms with Crippen LogP contribution in [0.1, 0.15) is 5.56 Å².